The van der Waals surface area contributed by atoms with Gasteiger partial charge in [0, 0.05) is 18.0 Å². The predicted octanol–water partition coefficient (Wildman–Crippen LogP) is 2.39. The molecule has 2 aromatic rings. The third-order valence-electron chi connectivity index (χ3n) is 3.06. The van der Waals surface area contributed by atoms with Gasteiger partial charge in [-0.05, 0) is 48.7 Å². The Morgan fingerprint density at radius 1 is 1.24 bits per heavy atom. The summed E-state index contributed by atoms with van der Waals surface area (Å²) in [5, 5.41) is 4.80. The third kappa shape index (κ3) is 3.88. The fourth-order valence-corrected chi connectivity index (χ4v) is 3.95. The van der Waals surface area contributed by atoms with Gasteiger partial charge in [-0.15, -0.1) is 11.3 Å². The van der Waals surface area contributed by atoms with E-state index in [2.05, 4.69) is 10.0 Å². The number of hydrogen-bond donors (Lipinski definition) is 2. The van der Waals surface area contributed by atoms with Gasteiger partial charge in [-0.25, -0.2) is 17.5 Å². The van der Waals surface area contributed by atoms with Crippen molar-refractivity contribution < 1.29 is 12.8 Å². The monoisotopic (exact) mass is 328 g/mol. The summed E-state index contributed by atoms with van der Waals surface area (Å²) in [6.45, 7) is 2.56. The Labute approximate surface area is 128 Å². The topological polar surface area (TPSA) is 58.2 Å². The normalized spacial score (nSPS) is 11.8. The number of hydrogen-bond acceptors (Lipinski definition) is 4. The lowest BCUT2D eigenvalue weighted by Gasteiger charge is -2.09. The molecule has 2 rings (SSSR count). The molecule has 0 bridgehead atoms. The van der Waals surface area contributed by atoms with Crippen molar-refractivity contribution in [1.82, 2.24) is 10.0 Å². The molecule has 0 fully saturated rings. The van der Waals surface area contributed by atoms with Crippen molar-refractivity contribution in [3.63, 3.8) is 0 Å². The first-order valence-corrected chi connectivity index (χ1v) is 8.76. The molecule has 0 aliphatic heterocycles. The molecule has 2 N–H and O–H groups in total. The van der Waals surface area contributed by atoms with E-state index in [4.69, 9.17) is 0 Å². The molecular weight excluding hydrogens is 311 g/mol. The van der Waals surface area contributed by atoms with Crippen LogP contribution in [0.15, 0.2) is 34.5 Å². The molecule has 0 saturated carbocycles. The summed E-state index contributed by atoms with van der Waals surface area (Å²) >= 11 is 1.47. The number of rotatable bonds is 6. The summed E-state index contributed by atoms with van der Waals surface area (Å²) in [5.41, 5.74) is 1.73. The van der Waals surface area contributed by atoms with E-state index in [0.29, 0.717) is 12.1 Å². The predicted molar refractivity (Wildman–Crippen MR) is 82.2 cm³/mol. The number of halogens is 1. The molecule has 0 atom stereocenters. The van der Waals surface area contributed by atoms with E-state index < -0.39 is 15.8 Å². The fourth-order valence-electron chi connectivity index (χ4n) is 1.89. The van der Waals surface area contributed by atoms with Gasteiger partial charge < -0.3 is 5.32 Å². The summed E-state index contributed by atoms with van der Waals surface area (Å²) in [4.78, 5) is 0.606. The summed E-state index contributed by atoms with van der Waals surface area (Å²) in [6, 6.07) is 6.02. The molecule has 7 heteroatoms. The van der Waals surface area contributed by atoms with E-state index in [-0.39, 0.29) is 11.4 Å². The summed E-state index contributed by atoms with van der Waals surface area (Å²) in [6.07, 6.45) is 0. The van der Waals surface area contributed by atoms with E-state index in [0.717, 1.165) is 10.4 Å². The van der Waals surface area contributed by atoms with Gasteiger partial charge >= 0.3 is 0 Å². The number of benzene rings is 1. The molecule has 0 aliphatic rings. The molecule has 0 spiro atoms. The molecular formula is C14H17FN2O2S2. The van der Waals surface area contributed by atoms with E-state index in [1.807, 2.05) is 18.4 Å². The van der Waals surface area contributed by atoms with Crippen LogP contribution in [0.1, 0.15) is 16.0 Å². The smallest absolute Gasteiger partial charge is 0.243 e. The van der Waals surface area contributed by atoms with Crippen LogP contribution >= 0.6 is 11.3 Å². The van der Waals surface area contributed by atoms with Crippen LogP contribution in [0.4, 0.5) is 4.39 Å². The van der Waals surface area contributed by atoms with Gasteiger partial charge in [-0.2, -0.15) is 0 Å². The SMILES string of the molecule is CNCc1ccc(F)c(S(=O)(=O)NCc2sccc2C)c1. The Hall–Kier alpha value is -1.28. The van der Waals surface area contributed by atoms with Crippen molar-refractivity contribution in [2.24, 2.45) is 0 Å². The Bertz CT molecular complexity index is 726. The molecule has 1 aromatic carbocycles. The van der Waals surface area contributed by atoms with Crippen molar-refractivity contribution >= 4 is 21.4 Å². The largest absolute Gasteiger partial charge is 0.316 e. The lowest BCUT2D eigenvalue weighted by Crippen LogP contribution is -2.24. The van der Waals surface area contributed by atoms with Crippen LogP contribution in [0, 0.1) is 12.7 Å². The molecule has 0 unspecified atom stereocenters. The minimum absolute atomic E-state index is 0.168. The van der Waals surface area contributed by atoms with Gasteiger partial charge in [0.15, 0.2) is 0 Å². The molecule has 1 aromatic heterocycles. The Morgan fingerprint density at radius 3 is 2.62 bits per heavy atom. The minimum atomic E-state index is -3.87. The highest BCUT2D eigenvalue weighted by molar-refractivity contribution is 7.89. The van der Waals surface area contributed by atoms with Gasteiger partial charge in [0.05, 0.1) is 0 Å². The maximum absolute atomic E-state index is 13.8. The molecule has 114 valence electrons. The highest BCUT2D eigenvalue weighted by atomic mass is 32.2. The van der Waals surface area contributed by atoms with E-state index in [9.17, 15) is 12.8 Å². The molecule has 0 saturated heterocycles. The lowest BCUT2D eigenvalue weighted by atomic mass is 10.2. The van der Waals surface area contributed by atoms with Crippen molar-refractivity contribution in [3.05, 3.63) is 51.5 Å². The van der Waals surface area contributed by atoms with Crippen LogP contribution in [0.25, 0.3) is 0 Å². The number of aryl methyl sites for hydroxylation is 1. The van der Waals surface area contributed by atoms with Crippen LogP contribution in [0.3, 0.4) is 0 Å². The van der Waals surface area contributed by atoms with Gasteiger partial charge in [-0.3, -0.25) is 0 Å². The third-order valence-corrected chi connectivity index (χ3v) is 5.50. The van der Waals surface area contributed by atoms with Crippen LogP contribution in [0.2, 0.25) is 0 Å². The fraction of sp³-hybridized carbons (Fsp3) is 0.286. The van der Waals surface area contributed by atoms with Crippen LogP contribution in [-0.2, 0) is 23.1 Å². The summed E-state index contributed by atoms with van der Waals surface area (Å²) in [5.74, 6) is -0.745. The second kappa shape index (κ2) is 6.65. The highest BCUT2D eigenvalue weighted by Crippen LogP contribution is 2.19. The molecule has 1 heterocycles. The quantitative estimate of drug-likeness (QED) is 0.856. The van der Waals surface area contributed by atoms with E-state index in [1.165, 1.54) is 23.5 Å². The second-order valence-electron chi connectivity index (χ2n) is 4.65. The van der Waals surface area contributed by atoms with E-state index in [1.54, 1.807) is 13.1 Å². The Kier molecular flexibility index (Phi) is 5.10. The zero-order valence-electron chi connectivity index (χ0n) is 11.8. The van der Waals surface area contributed by atoms with Crippen molar-refractivity contribution in [3.8, 4) is 0 Å². The highest BCUT2D eigenvalue weighted by Gasteiger charge is 2.19. The molecule has 4 nitrogen and oxygen atoms in total. The van der Waals surface area contributed by atoms with Crippen LogP contribution < -0.4 is 10.0 Å². The van der Waals surface area contributed by atoms with E-state index >= 15 is 0 Å². The Balaban J connectivity index is 2.22. The number of sulfonamides is 1. The first kappa shape index (κ1) is 16.1. The van der Waals surface area contributed by atoms with Gasteiger partial charge in [0.1, 0.15) is 10.7 Å². The second-order valence-corrected chi connectivity index (χ2v) is 7.38. The van der Waals surface area contributed by atoms with Crippen molar-refractivity contribution in [2.75, 3.05) is 7.05 Å². The Morgan fingerprint density at radius 2 is 2.00 bits per heavy atom. The zero-order chi connectivity index (χ0) is 15.5. The molecule has 21 heavy (non-hydrogen) atoms. The number of thiophene rings is 1. The maximum atomic E-state index is 13.8. The molecule has 0 amide bonds. The van der Waals surface area contributed by atoms with Crippen molar-refractivity contribution in [1.29, 1.82) is 0 Å². The molecule has 0 radical (unpaired) electrons. The maximum Gasteiger partial charge on any atom is 0.243 e. The molecule has 0 aliphatic carbocycles. The first-order valence-electron chi connectivity index (χ1n) is 6.39. The van der Waals surface area contributed by atoms with Crippen molar-refractivity contribution in [2.45, 2.75) is 24.9 Å². The summed E-state index contributed by atoms with van der Waals surface area (Å²) in [7, 11) is -2.13. The average molecular weight is 328 g/mol. The van der Waals surface area contributed by atoms with Gasteiger partial charge in [0.2, 0.25) is 10.0 Å². The minimum Gasteiger partial charge on any atom is -0.316 e. The summed E-state index contributed by atoms with van der Waals surface area (Å²) < 4.78 is 40.8. The van der Waals surface area contributed by atoms with Crippen LogP contribution in [-0.4, -0.2) is 15.5 Å². The van der Waals surface area contributed by atoms with Gasteiger partial charge in [0.25, 0.3) is 0 Å². The number of nitrogens with one attached hydrogen (secondary N) is 2. The standard InChI is InChI=1S/C14H17FN2O2S2/c1-10-5-6-20-13(10)9-17-21(18,19)14-7-11(8-16-2)3-4-12(14)15/h3-7,16-17H,8-9H2,1-2H3. The van der Waals surface area contributed by atoms with Crippen LogP contribution in [0.5, 0.6) is 0 Å². The zero-order valence-corrected chi connectivity index (χ0v) is 13.4. The average Bonchev–Trinajstić information content (AvgIpc) is 2.84. The lowest BCUT2D eigenvalue weighted by molar-refractivity contribution is 0.556. The first-order chi connectivity index (χ1) is 9.94. The van der Waals surface area contributed by atoms with Gasteiger partial charge in [-0.1, -0.05) is 6.07 Å².